The Labute approximate surface area is 94.3 Å². The summed E-state index contributed by atoms with van der Waals surface area (Å²) in [6.07, 6.45) is 3.98. The number of nitrogens with zero attached hydrogens (tertiary/aromatic N) is 1. The molecule has 1 rings (SSSR count). The predicted octanol–water partition coefficient (Wildman–Crippen LogP) is 1.92. The molecule has 1 N–H and O–H groups in total. The fraction of sp³-hybridized carbons (Fsp3) is 1.00. The van der Waals surface area contributed by atoms with Gasteiger partial charge in [-0.3, -0.25) is 0 Å². The van der Waals surface area contributed by atoms with Crippen molar-refractivity contribution in [2.45, 2.75) is 32.2 Å². The molecule has 1 aliphatic rings. The van der Waals surface area contributed by atoms with Crippen molar-refractivity contribution >= 4 is 24.8 Å². The van der Waals surface area contributed by atoms with Gasteiger partial charge in [0.05, 0.1) is 0 Å². The maximum Gasteiger partial charge on any atom is 0.0229 e. The predicted molar refractivity (Wildman–Crippen MR) is 63.3 cm³/mol. The fourth-order valence-corrected chi connectivity index (χ4v) is 1.61. The molecule has 0 aliphatic carbocycles. The van der Waals surface area contributed by atoms with Gasteiger partial charge in [0.1, 0.15) is 0 Å². The lowest BCUT2D eigenvalue weighted by atomic mass is 10.2. The summed E-state index contributed by atoms with van der Waals surface area (Å²) in [4.78, 5) is 2.49. The first-order valence-corrected chi connectivity index (χ1v) is 4.75. The quantitative estimate of drug-likeness (QED) is 0.792. The number of likely N-dealkylation sites (N-methyl/N-ethyl adjacent to an activating group) is 1. The van der Waals surface area contributed by atoms with E-state index in [0.717, 1.165) is 6.04 Å². The molecule has 0 saturated carbocycles. The third kappa shape index (κ3) is 5.74. The molecular formula is C9H22Cl2N2. The summed E-state index contributed by atoms with van der Waals surface area (Å²) in [6.45, 7) is 5.92. The van der Waals surface area contributed by atoms with Gasteiger partial charge in [0, 0.05) is 12.6 Å². The highest BCUT2D eigenvalue weighted by Crippen LogP contribution is 2.06. The maximum absolute atomic E-state index is 3.39. The van der Waals surface area contributed by atoms with Crippen molar-refractivity contribution in [3.05, 3.63) is 0 Å². The molecule has 0 aromatic rings. The first kappa shape index (κ1) is 15.9. The molecule has 4 heteroatoms. The summed E-state index contributed by atoms with van der Waals surface area (Å²) in [5.74, 6) is 0. The lowest BCUT2D eigenvalue weighted by molar-refractivity contribution is 0.253. The monoisotopic (exact) mass is 228 g/mol. The number of unbranched alkanes of at least 4 members (excludes halogenated alkanes) is 1. The molecule has 0 radical (unpaired) electrons. The third-order valence-corrected chi connectivity index (χ3v) is 2.52. The summed E-state index contributed by atoms with van der Waals surface area (Å²) < 4.78 is 0. The van der Waals surface area contributed by atoms with E-state index in [1.165, 1.54) is 38.9 Å². The van der Waals surface area contributed by atoms with Gasteiger partial charge in [0.2, 0.25) is 0 Å². The molecule has 1 aliphatic heterocycles. The van der Waals surface area contributed by atoms with Gasteiger partial charge in [-0.15, -0.1) is 24.8 Å². The van der Waals surface area contributed by atoms with Crippen LogP contribution in [0.15, 0.2) is 0 Å². The largest absolute Gasteiger partial charge is 0.315 e. The van der Waals surface area contributed by atoms with Crippen molar-refractivity contribution in [3.63, 3.8) is 0 Å². The Balaban J connectivity index is 0. The van der Waals surface area contributed by atoms with Crippen LogP contribution in [0, 0.1) is 0 Å². The Hall–Kier alpha value is 0.500. The van der Waals surface area contributed by atoms with Gasteiger partial charge in [0.25, 0.3) is 0 Å². The van der Waals surface area contributed by atoms with E-state index in [1.54, 1.807) is 0 Å². The Bertz CT molecular complexity index is 106. The number of rotatable bonds is 4. The van der Waals surface area contributed by atoms with Gasteiger partial charge in [-0.05, 0) is 33.0 Å². The van der Waals surface area contributed by atoms with Crippen LogP contribution in [0.3, 0.4) is 0 Å². The third-order valence-electron chi connectivity index (χ3n) is 2.52. The fourth-order valence-electron chi connectivity index (χ4n) is 1.61. The van der Waals surface area contributed by atoms with Crippen LogP contribution >= 0.6 is 24.8 Å². The van der Waals surface area contributed by atoms with Gasteiger partial charge >= 0.3 is 0 Å². The van der Waals surface area contributed by atoms with Crippen LogP contribution in [0.1, 0.15) is 26.2 Å². The Morgan fingerprint density at radius 2 is 2.08 bits per heavy atom. The van der Waals surface area contributed by atoms with Crippen molar-refractivity contribution in [2.75, 3.05) is 26.7 Å². The summed E-state index contributed by atoms with van der Waals surface area (Å²) in [5, 5.41) is 3.39. The van der Waals surface area contributed by atoms with Crippen molar-refractivity contribution < 1.29 is 0 Å². The van der Waals surface area contributed by atoms with Crippen molar-refractivity contribution in [3.8, 4) is 0 Å². The maximum atomic E-state index is 3.39. The SMILES string of the molecule is CCCCN(C)C1CCNC1.Cl.Cl. The molecule has 13 heavy (non-hydrogen) atoms. The topological polar surface area (TPSA) is 15.3 Å². The van der Waals surface area contributed by atoms with Crippen LogP contribution in [0.4, 0.5) is 0 Å². The van der Waals surface area contributed by atoms with E-state index in [0.29, 0.717) is 0 Å². The summed E-state index contributed by atoms with van der Waals surface area (Å²) in [5.41, 5.74) is 0. The first-order chi connectivity index (χ1) is 5.34. The van der Waals surface area contributed by atoms with Crippen LogP contribution in [0.25, 0.3) is 0 Å². The van der Waals surface area contributed by atoms with Gasteiger partial charge in [-0.2, -0.15) is 0 Å². The lowest BCUT2D eigenvalue weighted by Crippen LogP contribution is -2.33. The second-order valence-electron chi connectivity index (χ2n) is 3.48. The molecule has 0 bridgehead atoms. The molecule has 0 amide bonds. The Morgan fingerprint density at radius 1 is 1.38 bits per heavy atom. The summed E-state index contributed by atoms with van der Waals surface area (Å²) in [6, 6.07) is 0.807. The van der Waals surface area contributed by atoms with E-state index < -0.39 is 0 Å². The standard InChI is InChI=1S/C9H20N2.2ClH/c1-3-4-7-11(2)9-5-6-10-8-9;;/h9-10H,3-8H2,1-2H3;2*1H. The van der Waals surface area contributed by atoms with Crippen LogP contribution in [0.2, 0.25) is 0 Å². The highest BCUT2D eigenvalue weighted by Gasteiger charge is 2.17. The average Bonchev–Trinajstić information content (AvgIpc) is 2.52. The van der Waals surface area contributed by atoms with Crippen molar-refractivity contribution in [1.82, 2.24) is 10.2 Å². The van der Waals surface area contributed by atoms with Gasteiger partial charge in [0.15, 0.2) is 0 Å². The molecule has 1 unspecified atom stereocenters. The molecule has 1 atom stereocenters. The van der Waals surface area contributed by atoms with E-state index in [4.69, 9.17) is 0 Å². The highest BCUT2D eigenvalue weighted by molar-refractivity contribution is 5.85. The minimum atomic E-state index is 0. The molecule has 1 fully saturated rings. The van der Waals surface area contributed by atoms with Crippen molar-refractivity contribution in [2.24, 2.45) is 0 Å². The highest BCUT2D eigenvalue weighted by atomic mass is 35.5. The molecule has 0 aromatic heterocycles. The summed E-state index contributed by atoms with van der Waals surface area (Å²) in [7, 11) is 2.24. The zero-order valence-electron chi connectivity index (χ0n) is 8.58. The molecule has 1 heterocycles. The molecular weight excluding hydrogens is 207 g/mol. The molecule has 0 spiro atoms. The van der Waals surface area contributed by atoms with Crippen LogP contribution in [0.5, 0.6) is 0 Å². The van der Waals surface area contributed by atoms with Gasteiger partial charge in [-0.1, -0.05) is 13.3 Å². The molecule has 2 nitrogen and oxygen atoms in total. The van der Waals surface area contributed by atoms with E-state index in [-0.39, 0.29) is 24.8 Å². The zero-order valence-corrected chi connectivity index (χ0v) is 10.2. The van der Waals surface area contributed by atoms with E-state index in [1.807, 2.05) is 0 Å². The lowest BCUT2D eigenvalue weighted by Gasteiger charge is -2.22. The van der Waals surface area contributed by atoms with Crippen LogP contribution in [-0.2, 0) is 0 Å². The molecule has 1 saturated heterocycles. The normalized spacial score (nSPS) is 21.0. The minimum Gasteiger partial charge on any atom is -0.315 e. The zero-order chi connectivity index (χ0) is 8.10. The molecule has 82 valence electrons. The second kappa shape index (κ2) is 9.07. The number of halogens is 2. The van der Waals surface area contributed by atoms with Gasteiger partial charge in [-0.25, -0.2) is 0 Å². The minimum absolute atomic E-state index is 0. The number of hydrogen-bond donors (Lipinski definition) is 1. The van der Waals surface area contributed by atoms with Crippen LogP contribution < -0.4 is 5.32 Å². The number of hydrogen-bond acceptors (Lipinski definition) is 2. The van der Waals surface area contributed by atoms with Crippen molar-refractivity contribution in [1.29, 1.82) is 0 Å². The van der Waals surface area contributed by atoms with E-state index in [2.05, 4.69) is 24.2 Å². The van der Waals surface area contributed by atoms with Gasteiger partial charge < -0.3 is 10.2 Å². The Kier molecular flexibility index (Phi) is 11.1. The second-order valence-corrected chi connectivity index (χ2v) is 3.48. The van der Waals surface area contributed by atoms with E-state index in [9.17, 15) is 0 Å². The number of nitrogens with one attached hydrogen (secondary N) is 1. The van der Waals surface area contributed by atoms with Crippen LogP contribution in [-0.4, -0.2) is 37.6 Å². The first-order valence-electron chi connectivity index (χ1n) is 4.75. The van der Waals surface area contributed by atoms with E-state index >= 15 is 0 Å². The Morgan fingerprint density at radius 3 is 2.54 bits per heavy atom. The smallest absolute Gasteiger partial charge is 0.0229 e. The summed E-state index contributed by atoms with van der Waals surface area (Å²) >= 11 is 0. The average molecular weight is 229 g/mol. The molecule has 0 aromatic carbocycles.